The number of carbonyl (C=O) groups excluding carboxylic acids is 1. The molecule has 0 unspecified atom stereocenters. The lowest BCUT2D eigenvalue weighted by Crippen LogP contribution is -2.43. The molecule has 4 nitrogen and oxygen atoms in total. The molecule has 126 valence electrons. The third-order valence-corrected chi connectivity index (χ3v) is 5.16. The molecule has 4 heteroatoms. The van der Waals surface area contributed by atoms with E-state index in [-0.39, 0.29) is 11.8 Å². The Kier molecular flexibility index (Phi) is 4.74. The van der Waals surface area contributed by atoms with Gasteiger partial charge in [-0.3, -0.25) is 4.79 Å². The Balaban J connectivity index is 1.83. The average Bonchev–Trinajstić information content (AvgIpc) is 3.33. The van der Waals surface area contributed by atoms with Crippen LogP contribution in [0.25, 0.3) is 0 Å². The van der Waals surface area contributed by atoms with Crippen LogP contribution in [0.1, 0.15) is 54.4 Å². The first-order chi connectivity index (χ1) is 11.0. The van der Waals surface area contributed by atoms with Crippen LogP contribution in [0.5, 0.6) is 0 Å². The molecule has 2 aliphatic carbocycles. The molecule has 0 radical (unpaired) electrons. The Hall–Kier alpha value is -1.39. The van der Waals surface area contributed by atoms with Gasteiger partial charge >= 0.3 is 0 Å². The van der Waals surface area contributed by atoms with Crippen molar-refractivity contribution in [3.63, 3.8) is 0 Å². The van der Waals surface area contributed by atoms with Gasteiger partial charge in [0.15, 0.2) is 0 Å². The summed E-state index contributed by atoms with van der Waals surface area (Å²) < 4.78 is 0. The number of amides is 1. The van der Waals surface area contributed by atoms with Crippen LogP contribution in [0.4, 0.5) is 0 Å². The van der Waals surface area contributed by atoms with E-state index in [1.807, 2.05) is 24.3 Å². The maximum atomic E-state index is 12.3. The van der Waals surface area contributed by atoms with E-state index < -0.39 is 5.60 Å². The molecule has 1 aromatic carbocycles. The second-order valence-electron chi connectivity index (χ2n) is 7.46. The maximum absolute atomic E-state index is 12.3. The van der Waals surface area contributed by atoms with Gasteiger partial charge in [-0.15, -0.1) is 0 Å². The van der Waals surface area contributed by atoms with Crippen molar-refractivity contribution in [2.24, 2.45) is 5.92 Å². The highest BCUT2D eigenvalue weighted by atomic mass is 16.3. The fourth-order valence-corrected chi connectivity index (χ4v) is 3.72. The minimum atomic E-state index is -0.821. The van der Waals surface area contributed by atoms with Gasteiger partial charge < -0.3 is 15.3 Å². The van der Waals surface area contributed by atoms with Gasteiger partial charge in [-0.2, -0.15) is 0 Å². The zero-order valence-electron chi connectivity index (χ0n) is 14.2. The lowest BCUT2D eigenvalue weighted by atomic mass is 9.71. The largest absolute Gasteiger partial charge is 0.385 e. The molecule has 3 rings (SSSR count). The molecule has 1 aromatic rings. The second-order valence-corrected chi connectivity index (χ2v) is 7.46. The predicted molar refractivity (Wildman–Crippen MR) is 91.3 cm³/mol. The minimum absolute atomic E-state index is 0.0158. The van der Waals surface area contributed by atoms with Crippen molar-refractivity contribution in [2.45, 2.75) is 50.2 Å². The van der Waals surface area contributed by atoms with Crippen molar-refractivity contribution in [3.05, 3.63) is 35.4 Å². The van der Waals surface area contributed by atoms with E-state index in [0.29, 0.717) is 11.6 Å². The molecule has 23 heavy (non-hydrogen) atoms. The Morgan fingerprint density at radius 2 is 2.09 bits per heavy atom. The standard InChI is InChI=1S/C19H28N2O2/c1-21(2)13-16-7-3-4-11-19(16,23)15-8-5-6-14(12-15)18(22)20-17-9-10-17/h5-6,8,12,16-17,23H,3-4,7,9-11,13H2,1-2H3,(H,20,22)/t16-,19+/m1/s1. The van der Waals surface area contributed by atoms with E-state index >= 15 is 0 Å². The molecule has 2 N–H and O–H groups in total. The van der Waals surface area contributed by atoms with Crippen molar-refractivity contribution < 1.29 is 9.90 Å². The highest BCUT2D eigenvalue weighted by molar-refractivity contribution is 5.94. The van der Waals surface area contributed by atoms with Crippen molar-refractivity contribution in [3.8, 4) is 0 Å². The molecule has 0 saturated heterocycles. The number of nitrogens with one attached hydrogen (secondary N) is 1. The molecule has 1 amide bonds. The van der Waals surface area contributed by atoms with E-state index in [0.717, 1.165) is 44.2 Å². The smallest absolute Gasteiger partial charge is 0.251 e. The van der Waals surface area contributed by atoms with Crippen molar-refractivity contribution in [2.75, 3.05) is 20.6 Å². The number of aliphatic hydroxyl groups is 1. The number of hydrogen-bond donors (Lipinski definition) is 2. The number of rotatable bonds is 5. The van der Waals surface area contributed by atoms with Gasteiger partial charge in [-0.1, -0.05) is 25.0 Å². The van der Waals surface area contributed by atoms with Crippen molar-refractivity contribution in [1.29, 1.82) is 0 Å². The summed E-state index contributed by atoms with van der Waals surface area (Å²) in [6.07, 6.45) is 6.19. The summed E-state index contributed by atoms with van der Waals surface area (Å²) in [6, 6.07) is 7.96. The summed E-state index contributed by atoms with van der Waals surface area (Å²) in [5, 5.41) is 14.4. The first-order valence-corrected chi connectivity index (χ1v) is 8.77. The highest BCUT2D eigenvalue weighted by Gasteiger charge is 2.40. The van der Waals surface area contributed by atoms with Crippen molar-refractivity contribution >= 4 is 5.91 Å². The molecule has 2 fully saturated rings. The van der Waals surface area contributed by atoms with Gasteiger partial charge in [0.25, 0.3) is 5.91 Å². The lowest BCUT2D eigenvalue weighted by molar-refractivity contribution is -0.0618. The van der Waals surface area contributed by atoms with E-state index in [4.69, 9.17) is 0 Å². The average molecular weight is 316 g/mol. The van der Waals surface area contributed by atoms with Gasteiger partial charge in [0.2, 0.25) is 0 Å². The van der Waals surface area contributed by atoms with Crippen LogP contribution in [0.3, 0.4) is 0 Å². The van der Waals surface area contributed by atoms with Gasteiger partial charge in [0, 0.05) is 24.1 Å². The van der Waals surface area contributed by atoms with Crippen LogP contribution in [0.15, 0.2) is 24.3 Å². The molecule has 2 saturated carbocycles. The molecule has 0 aromatic heterocycles. The van der Waals surface area contributed by atoms with E-state index in [1.54, 1.807) is 0 Å². The number of benzene rings is 1. The summed E-state index contributed by atoms with van der Waals surface area (Å²) in [4.78, 5) is 14.4. The Bertz CT molecular complexity index is 568. The SMILES string of the molecule is CN(C)C[C@H]1CCCC[C@]1(O)c1cccc(C(=O)NC2CC2)c1. The zero-order chi connectivity index (χ0) is 16.4. The first-order valence-electron chi connectivity index (χ1n) is 8.77. The molecular formula is C19H28N2O2. The van der Waals surface area contributed by atoms with Gasteiger partial charge in [-0.25, -0.2) is 0 Å². The van der Waals surface area contributed by atoms with Gasteiger partial charge in [-0.05, 0) is 57.5 Å². The van der Waals surface area contributed by atoms with Crippen LogP contribution >= 0.6 is 0 Å². The predicted octanol–water partition coefficient (Wildman–Crippen LogP) is 2.52. The van der Waals surface area contributed by atoms with E-state index in [2.05, 4.69) is 24.3 Å². The summed E-state index contributed by atoms with van der Waals surface area (Å²) in [5.41, 5.74) is 0.739. The van der Waals surface area contributed by atoms with Crippen LogP contribution in [0.2, 0.25) is 0 Å². The third-order valence-electron chi connectivity index (χ3n) is 5.16. The molecule has 2 aliphatic rings. The van der Waals surface area contributed by atoms with Crippen LogP contribution in [0, 0.1) is 5.92 Å². The number of hydrogen-bond acceptors (Lipinski definition) is 3. The Labute approximate surface area is 138 Å². The number of carbonyl (C=O) groups is 1. The number of nitrogens with zero attached hydrogens (tertiary/aromatic N) is 1. The van der Waals surface area contributed by atoms with Crippen LogP contribution in [-0.2, 0) is 5.60 Å². The Morgan fingerprint density at radius 3 is 2.78 bits per heavy atom. The van der Waals surface area contributed by atoms with Crippen LogP contribution < -0.4 is 5.32 Å². The van der Waals surface area contributed by atoms with Crippen molar-refractivity contribution in [1.82, 2.24) is 10.2 Å². The van der Waals surface area contributed by atoms with E-state index in [1.165, 1.54) is 6.42 Å². The highest BCUT2D eigenvalue weighted by Crippen LogP contribution is 2.42. The van der Waals surface area contributed by atoms with E-state index in [9.17, 15) is 9.90 Å². The van der Waals surface area contributed by atoms with Gasteiger partial charge in [0.05, 0.1) is 5.60 Å². The van der Waals surface area contributed by atoms with Crippen LogP contribution in [-0.4, -0.2) is 42.6 Å². The monoisotopic (exact) mass is 316 g/mol. The normalized spacial score (nSPS) is 27.9. The molecule has 2 atom stereocenters. The molecule has 0 heterocycles. The molecule has 0 spiro atoms. The third kappa shape index (κ3) is 3.75. The zero-order valence-corrected chi connectivity index (χ0v) is 14.2. The quantitative estimate of drug-likeness (QED) is 0.877. The molecule has 0 aliphatic heterocycles. The Morgan fingerprint density at radius 1 is 1.30 bits per heavy atom. The fourth-order valence-electron chi connectivity index (χ4n) is 3.72. The summed E-state index contributed by atoms with van der Waals surface area (Å²) in [6.45, 7) is 0.870. The fraction of sp³-hybridized carbons (Fsp3) is 0.632. The van der Waals surface area contributed by atoms with Gasteiger partial charge in [0.1, 0.15) is 0 Å². The topological polar surface area (TPSA) is 52.6 Å². The second kappa shape index (κ2) is 6.62. The first kappa shape index (κ1) is 16.5. The molecular weight excluding hydrogens is 288 g/mol. The summed E-state index contributed by atoms with van der Waals surface area (Å²) in [7, 11) is 4.10. The lowest BCUT2D eigenvalue weighted by Gasteiger charge is -2.42. The summed E-state index contributed by atoms with van der Waals surface area (Å²) in [5.74, 6) is 0.200. The minimum Gasteiger partial charge on any atom is -0.385 e. The molecule has 0 bridgehead atoms. The maximum Gasteiger partial charge on any atom is 0.251 e. The summed E-state index contributed by atoms with van der Waals surface area (Å²) >= 11 is 0.